The van der Waals surface area contributed by atoms with Crippen LogP contribution in [0.5, 0.6) is 5.75 Å². The molecule has 0 saturated heterocycles. The van der Waals surface area contributed by atoms with Gasteiger partial charge in [-0.05, 0) is 81.3 Å². The van der Waals surface area contributed by atoms with Crippen LogP contribution in [0.15, 0.2) is 48.7 Å². The first-order valence-corrected chi connectivity index (χ1v) is 13.4. The second kappa shape index (κ2) is 11.5. The summed E-state index contributed by atoms with van der Waals surface area (Å²) in [7, 11) is 1.67. The smallest absolute Gasteiger partial charge is 0.426 e. The van der Waals surface area contributed by atoms with E-state index < -0.39 is 17.9 Å². The number of Topliss-reactive ketones (excluding diaryl/α,β-unsaturated/α-hetero) is 1. The number of fused-ring (bicyclic) bond motifs is 1. The summed E-state index contributed by atoms with van der Waals surface area (Å²) in [5.74, 6) is 0.746. The predicted octanol–water partition coefficient (Wildman–Crippen LogP) is 5.95. The maximum absolute atomic E-state index is 12.9. The summed E-state index contributed by atoms with van der Waals surface area (Å²) in [5.41, 5.74) is 6.97. The zero-order chi connectivity index (χ0) is 28.3. The number of nitrogens with zero attached hydrogens (tertiary/aromatic N) is 2. The van der Waals surface area contributed by atoms with Crippen molar-refractivity contribution in [2.75, 3.05) is 12.5 Å². The molecule has 0 fully saturated rings. The van der Waals surface area contributed by atoms with Gasteiger partial charge < -0.3 is 14.4 Å². The highest BCUT2D eigenvalue weighted by atomic mass is 35.5. The highest BCUT2D eigenvalue weighted by Crippen LogP contribution is 2.41. The molecule has 1 aromatic carbocycles. The molecule has 0 bridgehead atoms. The Morgan fingerprint density at radius 1 is 1.21 bits per heavy atom. The van der Waals surface area contributed by atoms with Gasteiger partial charge in [-0.15, -0.1) is 11.3 Å². The fraction of sp³-hybridized carbons (Fsp3) is 0.286. The molecular formula is C28H29ClN4O5S. The van der Waals surface area contributed by atoms with E-state index in [1.54, 1.807) is 59.1 Å². The minimum absolute atomic E-state index is 0.0219. The van der Waals surface area contributed by atoms with Crippen molar-refractivity contribution in [1.82, 2.24) is 15.3 Å². The average molecular weight is 569 g/mol. The molecule has 1 unspecified atom stereocenters. The highest BCUT2D eigenvalue weighted by molar-refractivity contribution is 7.17. The molecule has 0 saturated carbocycles. The number of nitrogens with one attached hydrogen (secondary N) is 2. The van der Waals surface area contributed by atoms with E-state index in [0.29, 0.717) is 33.5 Å². The molecule has 4 rings (SSSR count). The Hall–Kier alpha value is -3.89. The summed E-state index contributed by atoms with van der Waals surface area (Å²) >= 11 is 7.93. The van der Waals surface area contributed by atoms with Crippen LogP contribution in [0.25, 0.3) is 16.5 Å². The number of likely N-dealkylation sites (N-methyl/N-ethyl adjacent to an activating group) is 1. The van der Waals surface area contributed by atoms with Crippen LogP contribution in [0.2, 0.25) is 5.02 Å². The molecule has 0 spiro atoms. The van der Waals surface area contributed by atoms with Crippen molar-refractivity contribution in [1.29, 1.82) is 0 Å². The van der Waals surface area contributed by atoms with Crippen molar-refractivity contribution in [3.8, 4) is 16.2 Å². The maximum Gasteiger partial charge on any atom is 0.426 e. The third-order valence-corrected chi connectivity index (χ3v) is 7.20. The fourth-order valence-electron chi connectivity index (χ4n) is 3.76. The minimum atomic E-state index is -0.621. The first-order valence-electron chi connectivity index (χ1n) is 12.2. The standard InChI is InChI=1S/C28H29ClN4O5S/c1-16(34)21-8-9-22(39-21)18-12-19-14-25(37-26(19)20(29)13-18)33(5)24(35)11-7-17-6-10-23(30-15-17)31-32-27(36)38-28(2,3)4/h6-13,15,25H,14H2,1-5H3,(H,30,31)(H,32,36)/b11-7+. The SMILES string of the molecule is CC(=O)c1ccc(-c2cc(Cl)c3c(c2)CC(N(C)C(=O)/C=C/c2ccc(NNC(=O)OC(C)(C)C)nc2)O3)s1. The fourth-order valence-corrected chi connectivity index (χ4v) is 4.94. The van der Waals surface area contributed by atoms with E-state index in [1.807, 2.05) is 24.3 Å². The summed E-state index contributed by atoms with van der Waals surface area (Å²) in [6.07, 6.45) is 4.00. The van der Waals surface area contributed by atoms with Gasteiger partial charge in [0.1, 0.15) is 17.2 Å². The van der Waals surface area contributed by atoms with E-state index in [1.165, 1.54) is 22.3 Å². The lowest BCUT2D eigenvalue weighted by Crippen LogP contribution is -2.39. The molecule has 2 amide bonds. The molecule has 2 aromatic heterocycles. The first-order chi connectivity index (χ1) is 18.4. The maximum atomic E-state index is 12.9. The van der Waals surface area contributed by atoms with Gasteiger partial charge in [-0.1, -0.05) is 11.6 Å². The van der Waals surface area contributed by atoms with Gasteiger partial charge in [0, 0.05) is 36.2 Å². The largest absolute Gasteiger partial charge is 0.468 e. The van der Waals surface area contributed by atoms with E-state index in [9.17, 15) is 14.4 Å². The number of carbonyl (C=O) groups excluding carboxylic acids is 3. The zero-order valence-electron chi connectivity index (χ0n) is 22.2. The molecule has 1 atom stereocenters. The number of hydrazine groups is 1. The van der Waals surface area contributed by atoms with Gasteiger partial charge in [0.25, 0.3) is 0 Å². The van der Waals surface area contributed by atoms with Gasteiger partial charge in [-0.25, -0.2) is 15.2 Å². The van der Waals surface area contributed by atoms with Crippen molar-refractivity contribution in [3.05, 3.63) is 69.7 Å². The second-order valence-corrected chi connectivity index (χ2v) is 11.4. The Kier molecular flexibility index (Phi) is 8.27. The molecular weight excluding hydrogens is 540 g/mol. The number of hydrogen-bond acceptors (Lipinski definition) is 8. The molecule has 3 aromatic rings. The molecule has 1 aliphatic heterocycles. The number of halogens is 1. The van der Waals surface area contributed by atoms with Crippen LogP contribution >= 0.6 is 22.9 Å². The molecule has 204 valence electrons. The van der Waals surface area contributed by atoms with Gasteiger partial charge >= 0.3 is 6.09 Å². The number of carbonyl (C=O) groups is 3. The highest BCUT2D eigenvalue weighted by Gasteiger charge is 2.30. The van der Waals surface area contributed by atoms with E-state index in [4.69, 9.17) is 21.1 Å². The number of ketones is 1. The van der Waals surface area contributed by atoms with Crippen LogP contribution in [-0.4, -0.2) is 46.5 Å². The molecule has 11 heteroatoms. The Labute approximate surface area is 235 Å². The molecule has 3 heterocycles. The number of rotatable bonds is 7. The van der Waals surface area contributed by atoms with Crippen molar-refractivity contribution in [3.63, 3.8) is 0 Å². The number of benzene rings is 1. The summed E-state index contributed by atoms with van der Waals surface area (Å²) in [6, 6.07) is 10.9. The van der Waals surface area contributed by atoms with Gasteiger partial charge in [0.15, 0.2) is 12.0 Å². The van der Waals surface area contributed by atoms with Crippen molar-refractivity contribution in [2.45, 2.75) is 45.9 Å². The quantitative estimate of drug-likeness (QED) is 0.206. The zero-order valence-corrected chi connectivity index (χ0v) is 23.8. The van der Waals surface area contributed by atoms with E-state index in [-0.39, 0.29) is 11.7 Å². The summed E-state index contributed by atoms with van der Waals surface area (Å²) < 4.78 is 11.2. The second-order valence-electron chi connectivity index (χ2n) is 9.95. The molecule has 9 nitrogen and oxygen atoms in total. The lowest BCUT2D eigenvalue weighted by Gasteiger charge is -2.22. The van der Waals surface area contributed by atoms with Crippen LogP contribution in [0.1, 0.15) is 48.5 Å². The van der Waals surface area contributed by atoms with Gasteiger partial charge in [-0.3, -0.25) is 15.0 Å². The van der Waals surface area contributed by atoms with E-state index in [0.717, 1.165) is 16.0 Å². The average Bonchev–Trinajstić information content (AvgIpc) is 3.53. The molecule has 0 aliphatic carbocycles. The number of amides is 2. The van der Waals surface area contributed by atoms with Crippen LogP contribution in [0.3, 0.4) is 0 Å². The van der Waals surface area contributed by atoms with Gasteiger partial charge in [0.2, 0.25) is 5.91 Å². The molecule has 39 heavy (non-hydrogen) atoms. The van der Waals surface area contributed by atoms with Crippen molar-refractivity contribution in [2.24, 2.45) is 0 Å². The summed E-state index contributed by atoms with van der Waals surface area (Å²) in [5, 5.41) is 0.458. The van der Waals surface area contributed by atoms with Gasteiger partial charge in [-0.2, -0.15) is 0 Å². The molecule has 0 radical (unpaired) electrons. The third-order valence-electron chi connectivity index (χ3n) is 5.68. The molecule has 2 N–H and O–H groups in total. The van der Waals surface area contributed by atoms with Crippen molar-refractivity contribution >= 4 is 52.6 Å². The number of anilines is 1. The Balaban J connectivity index is 1.35. The Morgan fingerprint density at radius 3 is 2.62 bits per heavy atom. The third kappa shape index (κ3) is 7.15. The van der Waals surface area contributed by atoms with Crippen LogP contribution in [0, 0.1) is 0 Å². The number of thiophene rings is 1. The monoisotopic (exact) mass is 568 g/mol. The van der Waals surface area contributed by atoms with Gasteiger partial charge in [0.05, 0.1) is 9.90 Å². The number of ether oxygens (including phenoxy) is 2. The lowest BCUT2D eigenvalue weighted by atomic mass is 10.1. The van der Waals surface area contributed by atoms with Crippen LogP contribution in [-0.2, 0) is 16.0 Å². The predicted molar refractivity (Wildman–Crippen MR) is 152 cm³/mol. The normalized spacial score (nSPS) is 14.5. The van der Waals surface area contributed by atoms with Crippen molar-refractivity contribution < 1.29 is 23.9 Å². The van der Waals surface area contributed by atoms with Crippen LogP contribution in [0.4, 0.5) is 10.6 Å². The Bertz CT molecular complexity index is 1430. The summed E-state index contributed by atoms with van der Waals surface area (Å²) in [4.78, 5) is 43.6. The van der Waals surface area contributed by atoms with E-state index >= 15 is 0 Å². The first kappa shape index (κ1) is 28.1. The number of aromatic nitrogens is 1. The lowest BCUT2D eigenvalue weighted by molar-refractivity contribution is -0.131. The topological polar surface area (TPSA) is 110 Å². The number of hydrogen-bond donors (Lipinski definition) is 2. The van der Waals surface area contributed by atoms with E-state index in [2.05, 4.69) is 15.8 Å². The molecule has 1 aliphatic rings. The Morgan fingerprint density at radius 2 is 1.97 bits per heavy atom. The summed E-state index contributed by atoms with van der Waals surface area (Å²) in [6.45, 7) is 6.85. The van der Waals surface area contributed by atoms with Crippen LogP contribution < -0.4 is 15.6 Å². The number of pyridine rings is 1. The minimum Gasteiger partial charge on any atom is -0.468 e.